The number of carbonyl (C=O) groups is 1. The lowest BCUT2D eigenvalue weighted by Gasteiger charge is -2.13. The van der Waals surface area contributed by atoms with Crippen molar-refractivity contribution in [1.82, 2.24) is 9.97 Å². The second-order valence-corrected chi connectivity index (χ2v) is 5.45. The summed E-state index contributed by atoms with van der Waals surface area (Å²) < 4.78 is 0. The van der Waals surface area contributed by atoms with Gasteiger partial charge in [-0.25, -0.2) is 0 Å². The fourth-order valence-corrected chi connectivity index (χ4v) is 2.40. The first-order chi connectivity index (χ1) is 10.6. The van der Waals surface area contributed by atoms with Crippen LogP contribution in [0, 0.1) is 6.92 Å². The van der Waals surface area contributed by atoms with Crippen molar-refractivity contribution in [2.45, 2.75) is 19.9 Å². The number of fused-ring (bicyclic) bond motifs is 1. The quantitative estimate of drug-likeness (QED) is 0.694. The number of nitrogens with zero attached hydrogens (tertiary/aromatic N) is 1. The smallest absolute Gasteiger partial charge is 0.255 e. The van der Waals surface area contributed by atoms with Crippen molar-refractivity contribution in [2.75, 3.05) is 5.32 Å². The summed E-state index contributed by atoms with van der Waals surface area (Å²) in [5, 5.41) is 2.97. The molecule has 2 aliphatic heterocycles. The Morgan fingerprint density at radius 2 is 2.00 bits per heavy atom. The lowest BCUT2D eigenvalue weighted by atomic mass is 10.1. The van der Waals surface area contributed by atoms with E-state index in [9.17, 15) is 4.79 Å². The minimum Gasteiger partial charge on any atom is -0.359 e. The van der Waals surface area contributed by atoms with Crippen LogP contribution in [0.1, 0.15) is 34.5 Å². The molecule has 5 heteroatoms. The summed E-state index contributed by atoms with van der Waals surface area (Å²) in [5.41, 5.74) is 11.0. The minimum absolute atomic E-state index is 0.0426. The van der Waals surface area contributed by atoms with Gasteiger partial charge in [0.2, 0.25) is 0 Å². The number of pyridine rings is 1. The molecule has 1 unspecified atom stereocenters. The fourth-order valence-electron chi connectivity index (χ4n) is 2.40. The van der Waals surface area contributed by atoms with E-state index in [0.29, 0.717) is 5.56 Å². The monoisotopic (exact) mass is 294 g/mol. The molecule has 0 aromatic heterocycles. The van der Waals surface area contributed by atoms with Gasteiger partial charge in [0.15, 0.2) is 0 Å². The maximum absolute atomic E-state index is 12.4. The third-order valence-corrected chi connectivity index (χ3v) is 3.74. The van der Waals surface area contributed by atoms with Crippen LogP contribution in [0.3, 0.4) is 0 Å². The van der Waals surface area contributed by atoms with Gasteiger partial charge in [0, 0.05) is 29.6 Å². The average molecular weight is 294 g/mol. The maximum Gasteiger partial charge on any atom is 0.255 e. The van der Waals surface area contributed by atoms with Crippen molar-refractivity contribution in [1.29, 1.82) is 0 Å². The number of aromatic nitrogens is 2. The number of carbonyl (C=O) groups excluding carboxylic acids is 1. The molecule has 0 saturated carbocycles. The van der Waals surface area contributed by atoms with Crippen molar-refractivity contribution in [2.24, 2.45) is 5.73 Å². The van der Waals surface area contributed by atoms with Gasteiger partial charge in [0.1, 0.15) is 0 Å². The minimum atomic E-state index is -0.145. The molecule has 4 N–H and O–H groups in total. The van der Waals surface area contributed by atoms with Gasteiger partial charge in [-0.05, 0) is 37.1 Å². The summed E-state index contributed by atoms with van der Waals surface area (Å²) in [6, 6.07) is 7.30. The normalized spacial score (nSPS) is 12.3. The summed E-state index contributed by atoms with van der Waals surface area (Å²) in [6.07, 6.45) is 5.34. The van der Waals surface area contributed by atoms with Gasteiger partial charge in [-0.2, -0.15) is 0 Å². The molecule has 3 rings (SSSR count). The third kappa shape index (κ3) is 2.58. The lowest BCUT2D eigenvalue weighted by Crippen LogP contribution is -2.14. The van der Waals surface area contributed by atoms with Crippen LogP contribution in [0.4, 0.5) is 5.69 Å². The molecule has 1 aromatic rings. The van der Waals surface area contributed by atoms with Gasteiger partial charge in [0.25, 0.3) is 5.91 Å². The Kier molecular flexibility index (Phi) is 3.65. The van der Waals surface area contributed by atoms with Crippen LogP contribution in [0.15, 0.2) is 42.9 Å². The zero-order valence-corrected chi connectivity index (χ0v) is 12.6. The van der Waals surface area contributed by atoms with E-state index in [1.807, 2.05) is 32.2 Å². The van der Waals surface area contributed by atoms with Gasteiger partial charge in [-0.15, -0.1) is 0 Å². The Morgan fingerprint density at radius 1 is 1.27 bits per heavy atom. The Hall–Kier alpha value is -2.66. The highest BCUT2D eigenvalue weighted by atomic mass is 16.1. The fraction of sp³-hybridized carbons (Fsp3) is 0.176. The number of nitrogens with two attached hydrogens (primary N) is 1. The molecule has 5 nitrogen and oxygen atoms in total. The maximum atomic E-state index is 12.4. The highest BCUT2D eigenvalue weighted by Crippen LogP contribution is 2.30. The molecule has 1 atom stereocenters. The number of hydrogen-bond acceptors (Lipinski definition) is 3. The summed E-state index contributed by atoms with van der Waals surface area (Å²) in [5.74, 6) is -0.145. The number of anilines is 1. The van der Waals surface area contributed by atoms with Crippen LogP contribution in [0.2, 0.25) is 0 Å². The number of benzene rings is 1. The predicted octanol–water partition coefficient (Wildman–Crippen LogP) is 3.09. The Balaban J connectivity index is 1.87. The number of nitrogens with one attached hydrogen (secondary N) is 2. The number of amides is 1. The highest BCUT2D eigenvalue weighted by molar-refractivity contribution is 6.06. The third-order valence-electron chi connectivity index (χ3n) is 3.74. The Morgan fingerprint density at radius 3 is 2.68 bits per heavy atom. The standard InChI is InChI=1S/C17H18N4O/c1-10-7-20-15-9-19-8-14(15)16(10)21-17(22)13-5-3-12(4-6-13)11(2)18/h3-9,11,20H,18H2,1-2H3,(H,21,22). The number of H-pyrrole nitrogens is 1. The second-order valence-electron chi connectivity index (χ2n) is 5.45. The Labute approximate surface area is 128 Å². The molecule has 0 radical (unpaired) electrons. The van der Waals surface area contributed by atoms with Crippen molar-refractivity contribution in [3.05, 3.63) is 59.5 Å². The molecule has 0 spiro atoms. The molecule has 1 aromatic carbocycles. The first-order valence-electron chi connectivity index (χ1n) is 7.15. The van der Waals surface area contributed by atoms with Gasteiger partial charge in [-0.3, -0.25) is 9.78 Å². The molecule has 0 saturated heterocycles. The molecular weight excluding hydrogens is 276 g/mol. The van der Waals surface area contributed by atoms with Crippen molar-refractivity contribution < 1.29 is 4.79 Å². The topological polar surface area (TPSA) is 83.8 Å². The van der Waals surface area contributed by atoms with Crippen LogP contribution >= 0.6 is 0 Å². The predicted molar refractivity (Wildman–Crippen MR) is 86.9 cm³/mol. The SMILES string of the molecule is Cc1c[nH]c2cncc-2c1NC(=O)c1ccc(C(C)N)cc1. The van der Waals surface area contributed by atoms with Crippen molar-refractivity contribution in [3.63, 3.8) is 0 Å². The Bertz CT molecular complexity index is 774. The molecule has 22 heavy (non-hydrogen) atoms. The molecule has 2 aliphatic rings. The first kappa shape index (κ1) is 14.3. The molecule has 1 amide bonds. The van der Waals surface area contributed by atoms with E-state index in [4.69, 9.17) is 5.73 Å². The lowest BCUT2D eigenvalue weighted by molar-refractivity contribution is 0.102. The number of hydrogen-bond donors (Lipinski definition) is 3. The van der Waals surface area contributed by atoms with E-state index in [-0.39, 0.29) is 11.9 Å². The largest absolute Gasteiger partial charge is 0.359 e. The van der Waals surface area contributed by atoms with Crippen molar-refractivity contribution >= 4 is 11.6 Å². The van der Waals surface area contributed by atoms with Crippen LogP contribution < -0.4 is 11.1 Å². The molecule has 0 aliphatic carbocycles. The van der Waals surface area contributed by atoms with E-state index in [1.54, 1.807) is 24.5 Å². The summed E-state index contributed by atoms with van der Waals surface area (Å²) in [6.45, 7) is 3.86. The van der Waals surface area contributed by atoms with Gasteiger partial charge in [-0.1, -0.05) is 12.1 Å². The molecule has 0 fully saturated rings. The van der Waals surface area contributed by atoms with Gasteiger partial charge in [0.05, 0.1) is 17.6 Å². The zero-order chi connectivity index (χ0) is 15.7. The number of rotatable bonds is 3. The zero-order valence-electron chi connectivity index (χ0n) is 12.6. The van der Waals surface area contributed by atoms with E-state index in [0.717, 1.165) is 28.1 Å². The summed E-state index contributed by atoms with van der Waals surface area (Å²) >= 11 is 0. The number of aryl methyl sites for hydroxylation is 1. The van der Waals surface area contributed by atoms with Gasteiger partial charge >= 0.3 is 0 Å². The van der Waals surface area contributed by atoms with E-state index in [1.165, 1.54) is 0 Å². The van der Waals surface area contributed by atoms with Gasteiger partial charge < -0.3 is 16.0 Å². The molecule has 112 valence electrons. The summed E-state index contributed by atoms with van der Waals surface area (Å²) in [7, 11) is 0. The second kappa shape index (κ2) is 5.61. The molecule has 2 heterocycles. The van der Waals surface area contributed by atoms with Crippen LogP contribution in [0.25, 0.3) is 11.3 Å². The van der Waals surface area contributed by atoms with Crippen LogP contribution in [-0.2, 0) is 0 Å². The first-order valence-corrected chi connectivity index (χ1v) is 7.15. The van der Waals surface area contributed by atoms with E-state index < -0.39 is 0 Å². The summed E-state index contributed by atoms with van der Waals surface area (Å²) in [4.78, 5) is 19.7. The van der Waals surface area contributed by atoms with E-state index >= 15 is 0 Å². The highest BCUT2D eigenvalue weighted by Gasteiger charge is 2.15. The van der Waals surface area contributed by atoms with Crippen LogP contribution in [0.5, 0.6) is 0 Å². The number of aromatic amines is 1. The average Bonchev–Trinajstić information content (AvgIpc) is 2.99. The molecule has 0 bridgehead atoms. The van der Waals surface area contributed by atoms with Crippen molar-refractivity contribution in [3.8, 4) is 11.3 Å². The van der Waals surface area contributed by atoms with Crippen LogP contribution in [-0.4, -0.2) is 15.9 Å². The van der Waals surface area contributed by atoms with E-state index in [2.05, 4.69) is 15.3 Å². The molecular formula is C17H18N4O.